The molecule has 1 aromatic rings. The lowest BCUT2D eigenvalue weighted by molar-refractivity contribution is -0.138. The molecule has 1 aliphatic heterocycles. The zero-order valence-electron chi connectivity index (χ0n) is 10.2. The number of nitrogens with two attached hydrogens (primary N) is 1. The second-order valence-corrected chi connectivity index (χ2v) is 4.39. The van der Waals surface area contributed by atoms with E-state index in [0.717, 1.165) is 4.90 Å². The Morgan fingerprint density at radius 3 is 2.21 bits per heavy atom. The third-order valence-corrected chi connectivity index (χ3v) is 3.09. The highest BCUT2D eigenvalue weighted by Crippen LogP contribution is 2.22. The largest absolute Gasteiger partial charge is 0.480 e. The van der Waals surface area contributed by atoms with Crippen LogP contribution in [-0.4, -0.2) is 40.4 Å². The highest BCUT2D eigenvalue weighted by Gasteiger charge is 2.34. The van der Waals surface area contributed by atoms with Gasteiger partial charge in [0.1, 0.15) is 6.04 Å². The number of hydrogen-bond donors (Lipinski definition) is 2. The van der Waals surface area contributed by atoms with Crippen LogP contribution in [0.1, 0.15) is 33.6 Å². The van der Waals surface area contributed by atoms with E-state index in [1.165, 1.54) is 0 Å². The van der Waals surface area contributed by atoms with E-state index in [9.17, 15) is 14.4 Å². The van der Waals surface area contributed by atoms with Crippen molar-refractivity contribution < 1.29 is 19.5 Å². The van der Waals surface area contributed by atoms with E-state index in [-0.39, 0.29) is 24.8 Å². The van der Waals surface area contributed by atoms with Gasteiger partial charge in [-0.1, -0.05) is 12.1 Å². The highest BCUT2D eigenvalue weighted by molar-refractivity contribution is 6.21. The number of carbonyl (C=O) groups excluding carboxylic acids is 2. The molecule has 0 bridgehead atoms. The predicted molar refractivity (Wildman–Crippen MR) is 66.7 cm³/mol. The molecule has 1 heterocycles. The van der Waals surface area contributed by atoms with Crippen LogP contribution in [0.5, 0.6) is 0 Å². The van der Waals surface area contributed by atoms with Gasteiger partial charge in [0.15, 0.2) is 0 Å². The standard InChI is InChI=1S/C13H14N2O4/c14-10(13(18)19)6-3-7-15-11(16)8-4-1-2-5-9(8)12(15)17/h1-2,4-5,10H,3,6-7,14H2,(H,18,19)/t10-/m1/s1. The zero-order chi connectivity index (χ0) is 14.0. The summed E-state index contributed by atoms with van der Waals surface area (Å²) in [6, 6.07) is 5.66. The normalized spacial score (nSPS) is 15.5. The van der Waals surface area contributed by atoms with Crippen LogP contribution < -0.4 is 5.73 Å². The minimum Gasteiger partial charge on any atom is -0.480 e. The number of fused-ring (bicyclic) bond motifs is 1. The highest BCUT2D eigenvalue weighted by atomic mass is 16.4. The van der Waals surface area contributed by atoms with Gasteiger partial charge >= 0.3 is 5.97 Å². The molecule has 0 aromatic heterocycles. The number of nitrogens with zero attached hydrogens (tertiary/aromatic N) is 1. The van der Waals surface area contributed by atoms with Crippen LogP contribution in [0.2, 0.25) is 0 Å². The first-order valence-electron chi connectivity index (χ1n) is 5.96. The Bertz CT molecular complexity index is 506. The van der Waals surface area contributed by atoms with Crippen molar-refractivity contribution >= 4 is 17.8 Å². The number of amides is 2. The van der Waals surface area contributed by atoms with Crippen LogP contribution in [0.15, 0.2) is 24.3 Å². The number of hydrogen-bond acceptors (Lipinski definition) is 4. The molecule has 2 amide bonds. The third-order valence-electron chi connectivity index (χ3n) is 3.09. The van der Waals surface area contributed by atoms with Gasteiger partial charge in [0.25, 0.3) is 11.8 Å². The summed E-state index contributed by atoms with van der Waals surface area (Å²) in [6.45, 7) is 0.188. The molecule has 1 aromatic carbocycles. The van der Waals surface area contributed by atoms with Crippen LogP contribution in [0.3, 0.4) is 0 Å². The predicted octanol–water partition coefficient (Wildman–Crippen LogP) is 0.475. The van der Waals surface area contributed by atoms with E-state index in [1.54, 1.807) is 24.3 Å². The SMILES string of the molecule is N[C@H](CCCN1C(=O)c2ccccc2C1=O)C(=O)O. The Labute approximate surface area is 109 Å². The molecule has 0 saturated carbocycles. The summed E-state index contributed by atoms with van der Waals surface area (Å²) in [4.78, 5) is 35.6. The molecule has 3 N–H and O–H groups in total. The van der Waals surface area contributed by atoms with Gasteiger partial charge in [0, 0.05) is 6.54 Å². The molecular formula is C13H14N2O4. The van der Waals surface area contributed by atoms with Crippen molar-refractivity contribution in [2.24, 2.45) is 5.73 Å². The minimum atomic E-state index is -1.08. The van der Waals surface area contributed by atoms with E-state index < -0.39 is 12.0 Å². The molecule has 0 spiro atoms. The molecule has 2 rings (SSSR count). The Morgan fingerprint density at radius 2 is 1.74 bits per heavy atom. The van der Waals surface area contributed by atoms with Crippen molar-refractivity contribution in [3.63, 3.8) is 0 Å². The Kier molecular flexibility index (Phi) is 3.62. The number of imide groups is 1. The van der Waals surface area contributed by atoms with E-state index >= 15 is 0 Å². The maximum absolute atomic E-state index is 12.0. The molecule has 1 atom stereocenters. The molecule has 1 aliphatic rings. The first-order chi connectivity index (χ1) is 9.02. The number of benzene rings is 1. The van der Waals surface area contributed by atoms with E-state index in [4.69, 9.17) is 10.8 Å². The number of aliphatic carboxylic acids is 1. The minimum absolute atomic E-state index is 0.188. The fourth-order valence-corrected chi connectivity index (χ4v) is 2.04. The molecule has 0 aliphatic carbocycles. The number of carboxylic acid groups (broad SMARTS) is 1. The molecular weight excluding hydrogens is 248 g/mol. The Balaban J connectivity index is 1.99. The first kappa shape index (κ1) is 13.2. The second-order valence-electron chi connectivity index (χ2n) is 4.39. The van der Waals surface area contributed by atoms with Crippen molar-refractivity contribution in [3.8, 4) is 0 Å². The van der Waals surface area contributed by atoms with Crippen molar-refractivity contribution in [2.45, 2.75) is 18.9 Å². The van der Waals surface area contributed by atoms with Gasteiger partial charge < -0.3 is 10.8 Å². The monoisotopic (exact) mass is 262 g/mol. The van der Waals surface area contributed by atoms with Crippen molar-refractivity contribution in [3.05, 3.63) is 35.4 Å². The van der Waals surface area contributed by atoms with Crippen LogP contribution >= 0.6 is 0 Å². The van der Waals surface area contributed by atoms with Crippen molar-refractivity contribution in [1.29, 1.82) is 0 Å². The number of rotatable bonds is 5. The Morgan fingerprint density at radius 1 is 1.21 bits per heavy atom. The summed E-state index contributed by atoms with van der Waals surface area (Å²) in [7, 11) is 0. The van der Waals surface area contributed by atoms with Gasteiger partial charge in [-0.05, 0) is 25.0 Å². The van der Waals surface area contributed by atoms with Gasteiger partial charge in [-0.3, -0.25) is 19.3 Å². The molecule has 0 saturated heterocycles. The van der Waals surface area contributed by atoms with Crippen LogP contribution in [0.4, 0.5) is 0 Å². The van der Waals surface area contributed by atoms with Gasteiger partial charge in [-0.15, -0.1) is 0 Å². The van der Waals surface area contributed by atoms with Gasteiger partial charge in [-0.2, -0.15) is 0 Å². The molecule has 0 fully saturated rings. The summed E-state index contributed by atoms with van der Waals surface area (Å²) in [6.07, 6.45) is 0.599. The molecule has 6 nitrogen and oxygen atoms in total. The summed E-state index contributed by atoms with van der Waals surface area (Å²) in [5.41, 5.74) is 6.16. The van der Waals surface area contributed by atoms with Gasteiger partial charge in [0.2, 0.25) is 0 Å². The van der Waals surface area contributed by atoms with E-state index in [1.807, 2.05) is 0 Å². The number of carbonyl (C=O) groups is 3. The third kappa shape index (κ3) is 2.48. The first-order valence-corrected chi connectivity index (χ1v) is 5.96. The summed E-state index contributed by atoms with van der Waals surface area (Å²) >= 11 is 0. The Hall–Kier alpha value is -2.21. The van der Waals surface area contributed by atoms with Crippen molar-refractivity contribution in [2.75, 3.05) is 6.54 Å². The average Bonchev–Trinajstić information content (AvgIpc) is 2.64. The van der Waals surface area contributed by atoms with Crippen LogP contribution in [0, 0.1) is 0 Å². The van der Waals surface area contributed by atoms with E-state index in [0.29, 0.717) is 17.5 Å². The molecule has 0 radical (unpaired) electrons. The fourth-order valence-electron chi connectivity index (χ4n) is 2.04. The lowest BCUT2D eigenvalue weighted by Crippen LogP contribution is -2.34. The summed E-state index contributed by atoms with van der Waals surface area (Å²) in [5.74, 6) is -1.74. The van der Waals surface area contributed by atoms with Gasteiger partial charge in [-0.25, -0.2) is 0 Å². The van der Waals surface area contributed by atoms with Crippen LogP contribution in [-0.2, 0) is 4.79 Å². The van der Waals surface area contributed by atoms with Gasteiger partial charge in [0.05, 0.1) is 11.1 Å². The molecule has 6 heteroatoms. The average molecular weight is 262 g/mol. The fraction of sp³-hybridized carbons (Fsp3) is 0.308. The molecule has 0 unspecified atom stereocenters. The topological polar surface area (TPSA) is 101 Å². The zero-order valence-corrected chi connectivity index (χ0v) is 10.2. The maximum atomic E-state index is 12.0. The lowest BCUT2D eigenvalue weighted by atomic mass is 10.1. The van der Waals surface area contributed by atoms with E-state index in [2.05, 4.69) is 0 Å². The van der Waals surface area contributed by atoms with Crippen LogP contribution in [0.25, 0.3) is 0 Å². The summed E-state index contributed by atoms with van der Waals surface area (Å²) < 4.78 is 0. The maximum Gasteiger partial charge on any atom is 0.320 e. The smallest absolute Gasteiger partial charge is 0.320 e. The molecule has 100 valence electrons. The summed E-state index contributed by atoms with van der Waals surface area (Å²) in [5, 5.41) is 8.65. The number of carboxylic acids is 1. The lowest BCUT2D eigenvalue weighted by Gasteiger charge is -2.14. The molecule has 19 heavy (non-hydrogen) atoms. The quantitative estimate of drug-likeness (QED) is 0.751. The second kappa shape index (κ2) is 5.19. The van der Waals surface area contributed by atoms with Crippen molar-refractivity contribution in [1.82, 2.24) is 4.90 Å².